The number of carbonyl (C=O) groups is 2. The lowest BCUT2D eigenvalue weighted by molar-refractivity contribution is 0.0857. The Morgan fingerprint density at radius 1 is 1.16 bits per heavy atom. The normalized spacial score (nSPS) is 15.4. The zero-order valence-corrected chi connectivity index (χ0v) is 18.5. The van der Waals surface area contributed by atoms with Gasteiger partial charge in [0.15, 0.2) is 5.11 Å². The van der Waals surface area contributed by atoms with Crippen molar-refractivity contribution in [2.75, 3.05) is 18.5 Å². The van der Waals surface area contributed by atoms with Crippen molar-refractivity contribution in [1.82, 2.24) is 10.6 Å². The largest absolute Gasteiger partial charge is 0.490 e. The number of hydrogen-bond acceptors (Lipinski definition) is 5. The van der Waals surface area contributed by atoms with Gasteiger partial charge in [0.05, 0.1) is 17.8 Å². The van der Waals surface area contributed by atoms with Gasteiger partial charge in [-0.25, -0.2) is 0 Å². The van der Waals surface area contributed by atoms with E-state index in [9.17, 15) is 9.59 Å². The van der Waals surface area contributed by atoms with E-state index in [1.165, 1.54) is 0 Å². The number of amides is 2. The first-order valence-electron chi connectivity index (χ1n) is 10.3. The minimum absolute atomic E-state index is 0.0619. The molecule has 0 aromatic heterocycles. The van der Waals surface area contributed by atoms with Crippen LogP contribution in [0.5, 0.6) is 5.75 Å². The monoisotopic (exact) mass is 441 g/mol. The Morgan fingerprint density at radius 3 is 2.71 bits per heavy atom. The summed E-state index contributed by atoms with van der Waals surface area (Å²) < 4.78 is 11.2. The third-order valence-corrected chi connectivity index (χ3v) is 4.82. The van der Waals surface area contributed by atoms with Crippen LogP contribution in [-0.2, 0) is 4.74 Å². The summed E-state index contributed by atoms with van der Waals surface area (Å²) in [5.74, 6) is -0.0733. The molecule has 3 N–H and O–H groups in total. The van der Waals surface area contributed by atoms with Crippen molar-refractivity contribution >= 4 is 34.8 Å². The fourth-order valence-corrected chi connectivity index (χ4v) is 3.41. The highest BCUT2D eigenvalue weighted by Gasteiger charge is 2.17. The number of carbonyl (C=O) groups excluding carboxylic acids is 2. The molecule has 2 amide bonds. The first-order valence-corrected chi connectivity index (χ1v) is 10.7. The van der Waals surface area contributed by atoms with Crippen LogP contribution in [0.15, 0.2) is 48.5 Å². The number of ether oxygens (including phenoxy) is 2. The van der Waals surface area contributed by atoms with E-state index in [4.69, 9.17) is 21.7 Å². The highest BCUT2D eigenvalue weighted by molar-refractivity contribution is 7.80. The average molecular weight is 442 g/mol. The van der Waals surface area contributed by atoms with E-state index in [0.29, 0.717) is 29.1 Å². The van der Waals surface area contributed by atoms with Gasteiger partial charge in [0.2, 0.25) is 0 Å². The molecule has 1 fully saturated rings. The van der Waals surface area contributed by atoms with Crippen molar-refractivity contribution in [1.29, 1.82) is 0 Å². The molecule has 31 heavy (non-hydrogen) atoms. The summed E-state index contributed by atoms with van der Waals surface area (Å²) >= 11 is 5.28. The van der Waals surface area contributed by atoms with Crippen molar-refractivity contribution in [2.45, 2.75) is 38.9 Å². The standard InChI is InChI=1S/C23H27N3O4S/c1-15(2)30-20-11-4-3-10-19(20)22(28)26-23(31)25-17-8-5-7-16(13-17)21(27)24-14-18-9-6-12-29-18/h3-5,7-8,10-11,13,15,18H,6,9,12,14H2,1-2H3,(H,24,27)(H2,25,26,28,31). The van der Waals surface area contributed by atoms with Crippen molar-refractivity contribution < 1.29 is 19.1 Å². The minimum atomic E-state index is -0.376. The molecular weight excluding hydrogens is 414 g/mol. The van der Waals surface area contributed by atoms with E-state index in [-0.39, 0.29) is 29.1 Å². The summed E-state index contributed by atoms with van der Waals surface area (Å²) in [6, 6.07) is 13.9. The molecule has 164 valence electrons. The molecule has 1 unspecified atom stereocenters. The smallest absolute Gasteiger partial charge is 0.261 e. The SMILES string of the molecule is CC(C)Oc1ccccc1C(=O)NC(=S)Nc1cccc(C(=O)NCC2CCCO2)c1. The Hall–Kier alpha value is -2.97. The number of benzene rings is 2. The molecule has 2 aromatic carbocycles. The number of hydrogen-bond donors (Lipinski definition) is 3. The summed E-state index contributed by atoms with van der Waals surface area (Å²) in [7, 11) is 0. The molecule has 7 nitrogen and oxygen atoms in total. The van der Waals surface area contributed by atoms with Crippen LogP contribution >= 0.6 is 12.2 Å². The zero-order valence-electron chi connectivity index (χ0n) is 17.6. The maximum absolute atomic E-state index is 12.6. The van der Waals surface area contributed by atoms with Gasteiger partial charge < -0.3 is 20.1 Å². The second-order valence-electron chi connectivity index (χ2n) is 7.50. The van der Waals surface area contributed by atoms with Gasteiger partial charge in [-0.15, -0.1) is 0 Å². The third kappa shape index (κ3) is 6.77. The van der Waals surface area contributed by atoms with Gasteiger partial charge in [-0.05, 0) is 69.2 Å². The molecule has 2 aromatic rings. The highest BCUT2D eigenvalue weighted by atomic mass is 32.1. The quantitative estimate of drug-likeness (QED) is 0.570. The van der Waals surface area contributed by atoms with E-state index in [1.54, 1.807) is 48.5 Å². The molecule has 1 atom stereocenters. The number of nitrogens with one attached hydrogen (secondary N) is 3. The fraction of sp³-hybridized carbons (Fsp3) is 0.348. The van der Waals surface area contributed by atoms with Gasteiger partial charge in [-0.1, -0.05) is 18.2 Å². The van der Waals surface area contributed by atoms with E-state index in [1.807, 2.05) is 13.8 Å². The molecule has 0 aliphatic carbocycles. The first-order chi connectivity index (χ1) is 14.9. The molecule has 0 radical (unpaired) electrons. The molecule has 1 saturated heterocycles. The van der Waals surface area contributed by atoms with Crippen LogP contribution in [0.2, 0.25) is 0 Å². The molecule has 3 rings (SSSR count). The first kappa shape index (κ1) is 22.7. The number of rotatable bonds is 7. The molecule has 1 aliphatic rings. The number of anilines is 1. The van der Waals surface area contributed by atoms with E-state index < -0.39 is 0 Å². The van der Waals surface area contributed by atoms with E-state index in [0.717, 1.165) is 19.4 Å². The molecule has 0 bridgehead atoms. The predicted molar refractivity (Wildman–Crippen MR) is 124 cm³/mol. The lowest BCUT2D eigenvalue weighted by Crippen LogP contribution is -2.34. The zero-order chi connectivity index (χ0) is 22.2. The van der Waals surface area contributed by atoms with Gasteiger partial charge in [0, 0.05) is 24.4 Å². The molecular formula is C23H27N3O4S. The Bertz CT molecular complexity index is 942. The molecule has 0 saturated carbocycles. The van der Waals surface area contributed by atoms with Crippen LogP contribution in [0.4, 0.5) is 5.69 Å². The summed E-state index contributed by atoms with van der Waals surface area (Å²) in [6.07, 6.45) is 2.00. The third-order valence-electron chi connectivity index (χ3n) is 4.62. The number of para-hydroxylation sites is 1. The maximum atomic E-state index is 12.6. The van der Waals surface area contributed by atoms with E-state index in [2.05, 4.69) is 16.0 Å². The van der Waals surface area contributed by atoms with Crippen LogP contribution in [0, 0.1) is 0 Å². The molecule has 0 spiro atoms. The van der Waals surface area contributed by atoms with Crippen molar-refractivity contribution in [3.8, 4) is 5.75 Å². The van der Waals surface area contributed by atoms with Gasteiger partial charge in [0.1, 0.15) is 5.75 Å². The summed E-state index contributed by atoms with van der Waals surface area (Å²) in [5.41, 5.74) is 1.48. The second-order valence-corrected chi connectivity index (χ2v) is 7.91. The van der Waals surface area contributed by atoms with Crippen LogP contribution < -0.4 is 20.7 Å². The molecule has 1 aliphatic heterocycles. The van der Waals surface area contributed by atoms with Crippen molar-refractivity contribution in [3.05, 3.63) is 59.7 Å². The summed E-state index contributed by atoms with van der Waals surface area (Å²) in [6.45, 7) is 5.02. The Labute approximate surface area is 187 Å². The van der Waals surface area contributed by atoms with Crippen molar-refractivity contribution in [2.24, 2.45) is 0 Å². The summed E-state index contributed by atoms with van der Waals surface area (Å²) in [5, 5.41) is 8.62. The summed E-state index contributed by atoms with van der Waals surface area (Å²) in [4.78, 5) is 25.1. The maximum Gasteiger partial charge on any atom is 0.261 e. The van der Waals surface area contributed by atoms with Crippen LogP contribution in [-0.4, -0.2) is 42.3 Å². The van der Waals surface area contributed by atoms with Gasteiger partial charge in [-0.2, -0.15) is 0 Å². The lowest BCUT2D eigenvalue weighted by atomic mass is 10.1. The average Bonchev–Trinajstić information content (AvgIpc) is 3.25. The Kier molecular flexibility index (Phi) is 7.97. The van der Waals surface area contributed by atoms with Crippen molar-refractivity contribution in [3.63, 3.8) is 0 Å². The van der Waals surface area contributed by atoms with Crippen LogP contribution in [0.25, 0.3) is 0 Å². The van der Waals surface area contributed by atoms with Gasteiger partial charge in [-0.3, -0.25) is 14.9 Å². The minimum Gasteiger partial charge on any atom is -0.490 e. The highest BCUT2D eigenvalue weighted by Crippen LogP contribution is 2.19. The van der Waals surface area contributed by atoms with Gasteiger partial charge in [0.25, 0.3) is 11.8 Å². The predicted octanol–water partition coefficient (Wildman–Crippen LogP) is 3.51. The van der Waals surface area contributed by atoms with Crippen LogP contribution in [0.3, 0.4) is 0 Å². The van der Waals surface area contributed by atoms with Gasteiger partial charge >= 0.3 is 0 Å². The Morgan fingerprint density at radius 2 is 1.97 bits per heavy atom. The topological polar surface area (TPSA) is 88.7 Å². The Balaban J connectivity index is 1.57. The second kappa shape index (κ2) is 10.9. The van der Waals surface area contributed by atoms with Crippen LogP contribution in [0.1, 0.15) is 47.4 Å². The lowest BCUT2D eigenvalue weighted by Gasteiger charge is -2.15. The number of thiocarbonyl (C=S) groups is 1. The van der Waals surface area contributed by atoms with E-state index >= 15 is 0 Å². The fourth-order valence-electron chi connectivity index (χ4n) is 3.20. The molecule has 8 heteroatoms. The molecule has 1 heterocycles.